The fourth-order valence-electron chi connectivity index (χ4n) is 3.68. The quantitative estimate of drug-likeness (QED) is 0.919. The molecule has 0 spiro atoms. The summed E-state index contributed by atoms with van der Waals surface area (Å²) in [5.74, 6) is -0.993. The first-order chi connectivity index (χ1) is 12.0. The summed E-state index contributed by atoms with van der Waals surface area (Å²) >= 11 is 0. The molecule has 132 valence electrons. The molecule has 2 atom stereocenters. The first-order valence-electron chi connectivity index (χ1n) is 8.92. The van der Waals surface area contributed by atoms with Crippen LogP contribution in [0.3, 0.4) is 0 Å². The Morgan fingerprint density at radius 1 is 1.20 bits per heavy atom. The number of rotatable bonds is 4. The van der Waals surface area contributed by atoms with Crippen molar-refractivity contribution in [1.82, 2.24) is 9.88 Å². The van der Waals surface area contributed by atoms with Crippen molar-refractivity contribution in [3.05, 3.63) is 64.5 Å². The van der Waals surface area contributed by atoms with E-state index in [1.54, 1.807) is 0 Å². The molecular weight excluding hydrogens is 312 g/mol. The van der Waals surface area contributed by atoms with Gasteiger partial charge in [-0.2, -0.15) is 0 Å². The molecule has 1 fully saturated rings. The van der Waals surface area contributed by atoms with Crippen LogP contribution in [0.15, 0.2) is 36.5 Å². The van der Waals surface area contributed by atoms with Crippen molar-refractivity contribution >= 4 is 5.97 Å². The minimum Gasteiger partial charge on any atom is -0.481 e. The third-order valence-electron chi connectivity index (χ3n) is 5.11. The monoisotopic (exact) mass is 338 g/mol. The van der Waals surface area contributed by atoms with Crippen LogP contribution in [0, 0.1) is 26.7 Å². The van der Waals surface area contributed by atoms with Crippen molar-refractivity contribution in [1.29, 1.82) is 0 Å². The molecule has 4 nitrogen and oxygen atoms in total. The Balaban J connectivity index is 2.04. The molecule has 3 rings (SSSR count). The molecule has 0 radical (unpaired) electrons. The Morgan fingerprint density at radius 3 is 2.64 bits per heavy atom. The number of carbonyl (C=O) groups is 1. The maximum Gasteiger partial charge on any atom is 0.307 e. The van der Waals surface area contributed by atoms with Crippen LogP contribution in [-0.2, 0) is 4.79 Å². The van der Waals surface area contributed by atoms with E-state index in [1.165, 1.54) is 16.7 Å². The van der Waals surface area contributed by atoms with E-state index in [9.17, 15) is 9.90 Å². The standard InChI is InChI=1S/C21H26N2O2/c1-14-6-8-16(3)18(11-14)20(19-9-7-15(2)12-22-19)23-10-4-5-17(13-23)21(24)25/h6-9,11-12,17,20H,4-5,10,13H2,1-3H3,(H,24,25). The Kier molecular flexibility index (Phi) is 5.19. The van der Waals surface area contributed by atoms with Gasteiger partial charge in [-0.25, -0.2) is 0 Å². The van der Waals surface area contributed by atoms with Crippen LogP contribution >= 0.6 is 0 Å². The van der Waals surface area contributed by atoms with E-state index in [0.29, 0.717) is 6.54 Å². The van der Waals surface area contributed by atoms with Gasteiger partial charge in [0.15, 0.2) is 0 Å². The number of hydrogen-bond acceptors (Lipinski definition) is 3. The molecule has 0 bridgehead atoms. The van der Waals surface area contributed by atoms with Gasteiger partial charge in [-0.05, 0) is 62.9 Å². The molecule has 2 unspecified atom stereocenters. The number of aryl methyl sites for hydroxylation is 3. The normalized spacial score (nSPS) is 19.6. The molecule has 1 saturated heterocycles. The minimum atomic E-state index is -0.693. The number of nitrogens with zero attached hydrogens (tertiary/aromatic N) is 2. The number of benzene rings is 1. The fraction of sp³-hybridized carbons (Fsp3) is 0.429. The molecular formula is C21H26N2O2. The van der Waals surface area contributed by atoms with Crippen molar-refractivity contribution in [2.45, 2.75) is 39.7 Å². The van der Waals surface area contributed by atoms with Crippen LogP contribution < -0.4 is 0 Å². The molecule has 25 heavy (non-hydrogen) atoms. The number of carboxylic acid groups (broad SMARTS) is 1. The summed E-state index contributed by atoms with van der Waals surface area (Å²) in [5, 5.41) is 9.47. The average Bonchev–Trinajstić information content (AvgIpc) is 2.60. The largest absolute Gasteiger partial charge is 0.481 e. The number of aliphatic carboxylic acids is 1. The molecule has 1 aliphatic rings. The molecule has 0 saturated carbocycles. The molecule has 0 aliphatic carbocycles. The molecule has 1 aliphatic heterocycles. The average molecular weight is 338 g/mol. The highest BCUT2D eigenvalue weighted by Gasteiger charge is 2.32. The van der Waals surface area contributed by atoms with Crippen molar-refractivity contribution < 1.29 is 9.90 Å². The lowest BCUT2D eigenvalue weighted by molar-refractivity contribution is -0.143. The Labute approximate surface area is 149 Å². The molecule has 1 N–H and O–H groups in total. The lowest BCUT2D eigenvalue weighted by atomic mass is 9.90. The van der Waals surface area contributed by atoms with E-state index in [0.717, 1.165) is 30.6 Å². The second kappa shape index (κ2) is 7.36. The number of piperidine rings is 1. The Morgan fingerprint density at radius 2 is 1.96 bits per heavy atom. The lowest BCUT2D eigenvalue weighted by Crippen LogP contribution is -2.41. The Bertz CT molecular complexity index is 755. The lowest BCUT2D eigenvalue weighted by Gasteiger charge is -2.37. The summed E-state index contributed by atoms with van der Waals surface area (Å²) < 4.78 is 0. The molecule has 2 heterocycles. The van der Waals surface area contributed by atoms with Gasteiger partial charge in [-0.1, -0.05) is 29.8 Å². The zero-order valence-corrected chi connectivity index (χ0v) is 15.2. The first-order valence-corrected chi connectivity index (χ1v) is 8.92. The fourth-order valence-corrected chi connectivity index (χ4v) is 3.68. The van der Waals surface area contributed by atoms with Gasteiger partial charge >= 0.3 is 5.97 Å². The van der Waals surface area contributed by atoms with Gasteiger partial charge in [-0.3, -0.25) is 14.7 Å². The number of likely N-dealkylation sites (tertiary alicyclic amines) is 1. The third kappa shape index (κ3) is 3.90. The van der Waals surface area contributed by atoms with Gasteiger partial charge in [0.05, 0.1) is 17.7 Å². The summed E-state index contributed by atoms with van der Waals surface area (Å²) in [6, 6.07) is 10.6. The van der Waals surface area contributed by atoms with Crippen LogP contribution in [0.5, 0.6) is 0 Å². The van der Waals surface area contributed by atoms with Crippen molar-refractivity contribution in [2.24, 2.45) is 5.92 Å². The highest BCUT2D eigenvalue weighted by Crippen LogP contribution is 2.34. The molecule has 1 aromatic heterocycles. The highest BCUT2D eigenvalue weighted by atomic mass is 16.4. The van der Waals surface area contributed by atoms with E-state index in [-0.39, 0.29) is 12.0 Å². The van der Waals surface area contributed by atoms with Gasteiger partial charge in [0.25, 0.3) is 0 Å². The molecule has 2 aromatic rings. The predicted octanol–water partition coefficient (Wildman–Crippen LogP) is 3.89. The van der Waals surface area contributed by atoms with Gasteiger partial charge in [0.1, 0.15) is 0 Å². The van der Waals surface area contributed by atoms with E-state index >= 15 is 0 Å². The zero-order chi connectivity index (χ0) is 18.0. The minimum absolute atomic E-state index is 0.00245. The van der Waals surface area contributed by atoms with E-state index in [4.69, 9.17) is 0 Å². The summed E-state index contributed by atoms with van der Waals surface area (Å²) in [6.07, 6.45) is 3.56. The van der Waals surface area contributed by atoms with Gasteiger partial charge in [0, 0.05) is 12.7 Å². The smallest absolute Gasteiger partial charge is 0.307 e. The number of aromatic nitrogens is 1. The maximum absolute atomic E-state index is 11.5. The predicted molar refractivity (Wildman–Crippen MR) is 98.7 cm³/mol. The van der Waals surface area contributed by atoms with Crippen LogP contribution in [-0.4, -0.2) is 34.0 Å². The summed E-state index contributed by atoms with van der Waals surface area (Å²) in [7, 11) is 0. The number of hydrogen-bond donors (Lipinski definition) is 1. The maximum atomic E-state index is 11.5. The summed E-state index contributed by atoms with van der Waals surface area (Å²) in [4.78, 5) is 18.5. The van der Waals surface area contributed by atoms with Crippen LogP contribution in [0.25, 0.3) is 0 Å². The van der Waals surface area contributed by atoms with Crippen LogP contribution in [0.1, 0.15) is 46.8 Å². The SMILES string of the molecule is Cc1ccc(C(c2cc(C)ccc2C)N2CCCC(C(=O)O)C2)nc1. The molecule has 4 heteroatoms. The van der Waals surface area contributed by atoms with Crippen LogP contribution in [0.2, 0.25) is 0 Å². The van der Waals surface area contributed by atoms with Gasteiger partial charge in [-0.15, -0.1) is 0 Å². The van der Waals surface area contributed by atoms with Gasteiger partial charge < -0.3 is 5.11 Å². The second-order valence-electron chi connectivity index (χ2n) is 7.20. The molecule has 1 aromatic carbocycles. The number of pyridine rings is 1. The van der Waals surface area contributed by atoms with E-state index < -0.39 is 5.97 Å². The van der Waals surface area contributed by atoms with Gasteiger partial charge in [0.2, 0.25) is 0 Å². The molecule has 0 amide bonds. The zero-order valence-electron chi connectivity index (χ0n) is 15.2. The number of carboxylic acids is 1. The Hall–Kier alpha value is -2.20. The summed E-state index contributed by atoms with van der Waals surface area (Å²) in [6.45, 7) is 7.72. The van der Waals surface area contributed by atoms with Crippen molar-refractivity contribution in [2.75, 3.05) is 13.1 Å². The summed E-state index contributed by atoms with van der Waals surface area (Å²) in [5.41, 5.74) is 5.78. The third-order valence-corrected chi connectivity index (χ3v) is 5.11. The van der Waals surface area contributed by atoms with Crippen molar-refractivity contribution in [3.8, 4) is 0 Å². The first kappa shape index (κ1) is 17.6. The highest BCUT2D eigenvalue weighted by molar-refractivity contribution is 5.70. The van der Waals surface area contributed by atoms with Crippen molar-refractivity contribution in [3.63, 3.8) is 0 Å². The topological polar surface area (TPSA) is 53.4 Å². The van der Waals surface area contributed by atoms with E-state index in [2.05, 4.69) is 54.1 Å². The second-order valence-corrected chi connectivity index (χ2v) is 7.20. The van der Waals surface area contributed by atoms with Crippen LogP contribution in [0.4, 0.5) is 0 Å². The van der Waals surface area contributed by atoms with E-state index in [1.807, 2.05) is 13.1 Å².